The molecule has 0 aliphatic heterocycles. The topological polar surface area (TPSA) is 34.1 Å². The van der Waals surface area contributed by atoms with Crippen molar-refractivity contribution in [2.24, 2.45) is 0 Å². The standard InChI is InChI=1S/C13H12ClFN2O/c1-18-12-6-2-4-10(14)9(12)8-17-13-11(15)5-3-7-16-13/h2-7H,8H2,1H3,(H,16,17). The van der Waals surface area contributed by atoms with Crippen LogP contribution in [0.5, 0.6) is 5.75 Å². The van der Waals surface area contributed by atoms with E-state index in [1.807, 2.05) is 0 Å². The van der Waals surface area contributed by atoms with Crippen molar-refractivity contribution in [2.45, 2.75) is 6.54 Å². The molecule has 3 nitrogen and oxygen atoms in total. The Morgan fingerprint density at radius 3 is 2.89 bits per heavy atom. The summed E-state index contributed by atoms with van der Waals surface area (Å²) >= 11 is 6.08. The number of ether oxygens (including phenoxy) is 1. The minimum atomic E-state index is -0.400. The summed E-state index contributed by atoms with van der Waals surface area (Å²) in [5, 5.41) is 3.46. The summed E-state index contributed by atoms with van der Waals surface area (Å²) in [6.45, 7) is 0.344. The van der Waals surface area contributed by atoms with E-state index in [-0.39, 0.29) is 5.82 Å². The third-order valence-corrected chi connectivity index (χ3v) is 2.84. The average Bonchev–Trinajstić information content (AvgIpc) is 2.39. The molecule has 2 aromatic rings. The maximum Gasteiger partial charge on any atom is 0.165 e. The lowest BCUT2D eigenvalue weighted by molar-refractivity contribution is 0.410. The Balaban J connectivity index is 2.18. The molecule has 0 bridgehead atoms. The van der Waals surface area contributed by atoms with Crippen LogP contribution in [0.1, 0.15) is 5.56 Å². The molecule has 94 valence electrons. The fraction of sp³-hybridized carbons (Fsp3) is 0.154. The summed E-state index contributed by atoms with van der Waals surface area (Å²) in [7, 11) is 1.57. The number of rotatable bonds is 4. The van der Waals surface area contributed by atoms with E-state index in [2.05, 4.69) is 10.3 Å². The average molecular weight is 267 g/mol. The van der Waals surface area contributed by atoms with Gasteiger partial charge in [0.05, 0.1) is 7.11 Å². The van der Waals surface area contributed by atoms with E-state index in [1.165, 1.54) is 18.3 Å². The Labute approximate surface area is 110 Å². The van der Waals surface area contributed by atoms with E-state index in [0.717, 1.165) is 5.56 Å². The summed E-state index contributed by atoms with van der Waals surface area (Å²) < 4.78 is 18.6. The molecule has 0 unspecified atom stereocenters. The molecule has 0 saturated heterocycles. The number of nitrogens with one attached hydrogen (secondary N) is 1. The number of pyridine rings is 1. The molecule has 0 saturated carbocycles. The fourth-order valence-electron chi connectivity index (χ4n) is 1.59. The van der Waals surface area contributed by atoms with Crippen molar-refractivity contribution in [1.29, 1.82) is 0 Å². The molecular weight excluding hydrogens is 255 g/mol. The highest BCUT2D eigenvalue weighted by Crippen LogP contribution is 2.27. The number of hydrogen-bond acceptors (Lipinski definition) is 3. The van der Waals surface area contributed by atoms with Gasteiger partial charge < -0.3 is 10.1 Å². The van der Waals surface area contributed by atoms with Crippen molar-refractivity contribution >= 4 is 17.4 Å². The van der Waals surface area contributed by atoms with Crippen molar-refractivity contribution in [3.05, 3.63) is 52.9 Å². The van der Waals surface area contributed by atoms with E-state index in [0.29, 0.717) is 17.3 Å². The van der Waals surface area contributed by atoms with E-state index in [1.54, 1.807) is 25.3 Å². The first kappa shape index (κ1) is 12.6. The van der Waals surface area contributed by atoms with Gasteiger partial charge in [-0.15, -0.1) is 0 Å². The molecular formula is C13H12ClFN2O. The van der Waals surface area contributed by atoms with Crippen LogP contribution in [-0.4, -0.2) is 12.1 Å². The van der Waals surface area contributed by atoms with Crippen LogP contribution in [0.3, 0.4) is 0 Å². The number of anilines is 1. The lowest BCUT2D eigenvalue weighted by atomic mass is 10.2. The van der Waals surface area contributed by atoms with Crippen molar-refractivity contribution in [2.75, 3.05) is 12.4 Å². The minimum Gasteiger partial charge on any atom is -0.496 e. The van der Waals surface area contributed by atoms with E-state index >= 15 is 0 Å². The molecule has 0 radical (unpaired) electrons. The summed E-state index contributed by atoms with van der Waals surface area (Å²) in [6, 6.07) is 8.25. The van der Waals surface area contributed by atoms with Crippen LogP contribution in [0.25, 0.3) is 0 Å². The summed E-state index contributed by atoms with van der Waals surface area (Å²) in [5.41, 5.74) is 0.770. The Hall–Kier alpha value is -1.81. The predicted molar refractivity (Wildman–Crippen MR) is 69.5 cm³/mol. The van der Waals surface area contributed by atoms with Gasteiger partial charge in [0.25, 0.3) is 0 Å². The largest absolute Gasteiger partial charge is 0.496 e. The zero-order chi connectivity index (χ0) is 13.0. The summed E-state index contributed by atoms with van der Waals surface area (Å²) in [5.74, 6) is 0.453. The monoisotopic (exact) mass is 266 g/mol. The number of hydrogen-bond donors (Lipinski definition) is 1. The van der Waals surface area contributed by atoms with Gasteiger partial charge in [0, 0.05) is 23.3 Å². The molecule has 5 heteroatoms. The maximum atomic E-state index is 13.4. The van der Waals surface area contributed by atoms with Crippen LogP contribution in [0.4, 0.5) is 10.2 Å². The second-order valence-electron chi connectivity index (χ2n) is 3.61. The smallest absolute Gasteiger partial charge is 0.165 e. The SMILES string of the molecule is COc1cccc(Cl)c1CNc1ncccc1F. The molecule has 1 aromatic heterocycles. The third-order valence-electron chi connectivity index (χ3n) is 2.49. The van der Waals surface area contributed by atoms with E-state index in [9.17, 15) is 4.39 Å². The molecule has 1 N–H and O–H groups in total. The quantitative estimate of drug-likeness (QED) is 0.920. The van der Waals surface area contributed by atoms with Crippen LogP contribution < -0.4 is 10.1 Å². The number of halogens is 2. The normalized spacial score (nSPS) is 10.2. The second-order valence-corrected chi connectivity index (χ2v) is 4.02. The van der Waals surface area contributed by atoms with Crippen molar-refractivity contribution in [3.8, 4) is 5.75 Å². The molecule has 1 aromatic carbocycles. The Bertz CT molecular complexity index is 548. The lowest BCUT2D eigenvalue weighted by Gasteiger charge is -2.11. The molecule has 0 amide bonds. The molecule has 0 spiro atoms. The van der Waals surface area contributed by atoms with Gasteiger partial charge in [0.15, 0.2) is 11.6 Å². The Morgan fingerprint density at radius 1 is 1.33 bits per heavy atom. The number of aromatic nitrogens is 1. The number of nitrogens with zero attached hydrogens (tertiary/aromatic N) is 1. The van der Waals surface area contributed by atoms with Gasteiger partial charge in [-0.05, 0) is 24.3 Å². The van der Waals surface area contributed by atoms with Gasteiger partial charge in [-0.3, -0.25) is 0 Å². The Morgan fingerprint density at radius 2 is 2.17 bits per heavy atom. The van der Waals surface area contributed by atoms with Gasteiger partial charge in [-0.1, -0.05) is 17.7 Å². The highest BCUT2D eigenvalue weighted by atomic mass is 35.5. The lowest BCUT2D eigenvalue weighted by Crippen LogP contribution is -2.05. The molecule has 18 heavy (non-hydrogen) atoms. The second kappa shape index (κ2) is 5.69. The van der Waals surface area contributed by atoms with Gasteiger partial charge in [0.2, 0.25) is 0 Å². The summed E-state index contributed by atoms with van der Waals surface area (Å²) in [4.78, 5) is 3.91. The van der Waals surface area contributed by atoms with Crippen LogP contribution in [0.2, 0.25) is 5.02 Å². The summed E-state index contributed by atoms with van der Waals surface area (Å²) in [6.07, 6.45) is 1.52. The first-order chi connectivity index (χ1) is 8.72. The number of benzene rings is 1. The zero-order valence-corrected chi connectivity index (χ0v) is 10.5. The van der Waals surface area contributed by atoms with Crippen LogP contribution in [-0.2, 0) is 6.54 Å². The van der Waals surface area contributed by atoms with Crippen LogP contribution in [0.15, 0.2) is 36.5 Å². The van der Waals surface area contributed by atoms with E-state index < -0.39 is 5.82 Å². The predicted octanol–water partition coefficient (Wildman–Crippen LogP) is 3.49. The highest BCUT2D eigenvalue weighted by Gasteiger charge is 2.09. The molecule has 0 fully saturated rings. The first-order valence-electron chi connectivity index (χ1n) is 5.38. The third kappa shape index (κ3) is 2.71. The van der Waals surface area contributed by atoms with Crippen LogP contribution in [0, 0.1) is 5.82 Å². The van der Waals surface area contributed by atoms with Gasteiger partial charge in [-0.2, -0.15) is 0 Å². The zero-order valence-electron chi connectivity index (χ0n) is 9.78. The maximum absolute atomic E-state index is 13.4. The Kier molecular flexibility index (Phi) is 3.99. The molecule has 0 aliphatic rings. The van der Waals surface area contributed by atoms with Crippen molar-refractivity contribution in [3.63, 3.8) is 0 Å². The van der Waals surface area contributed by atoms with E-state index in [4.69, 9.17) is 16.3 Å². The van der Waals surface area contributed by atoms with Crippen LogP contribution >= 0.6 is 11.6 Å². The number of methoxy groups -OCH3 is 1. The first-order valence-corrected chi connectivity index (χ1v) is 5.76. The van der Waals surface area contributed by atoms with Crippen molar-refractivity contribution < 1.29 is 9.13 Å². The van der Waals surface area contributed by atoms with Gasteiger partial charge in [0.1, 0.15) is 5.75 Å². The van der Waals surface area contributed by atoms with Crippen molar-refractivity contribution in [1.82, 2.24) is 4.98 Å². The molecule has 1 heterocycles. The fourth-order valence-corrected chi connectivity index (χ4v) is 1.82. The molecule has 2 rings (SSSR count). The van der Waals surface area contributed by atoms with Gasteiger partial charge >= 0.3 is 0 Å². The molecule has 0 atom stereocenters. The molecule has 0 aliphatic carbocycles. The van der Waals surface area contributed by atoms with Gasteiger partial charge in [-0.25, -0.2) is 9.37 Å². The minimum absolute atomic E-state index is 0.194. The highest BCUT2D eigenvalue weighted by molar-refractivity contribution is 6.31.